The van der Waals surface area contributed by atoms with Gasteiger partial charge in [0, 0.05) is 7.11 Å². The lowest BCUT2D eigenvalue weighted by Gasteiger charge is -2.20. The normalized spacial score (nSPS) is 11.4. The molecule has 0 saturated carbocycles. The molecule has 0 saturated heterocycles. The summed E-state index contributed by atoms with van der Waals surface area (Å²) in [7, 11) is 0.295. The Bertz CT molecular complexity index is 318. The zero-order valence-corrected chi connectivity index (χ0v) is 10.2. The van der Waals surface area contributed by atoms with Crippen molar-refractivity contribution < 1.29 is 4.43 Å². The molecule has 1 nitrogen and oxygen atoms in total. The highest BCUT2D eigenvalue weighted by Crippen LogP contribution is 2.17. The summed E-state index contributed by atoms with van der Waals surface area (Å²) in [5.41, 5.74) is 2.58. The molecule has 76 valence electrons. The fourth-order valence-corrected chi connectivity index (χ4v) is 2.81. The van der Waals surface area contributed by atoms with Gasteiger partial charge in [0.05, 0.1) is 0 Å². The maximum atomic E-state index is 5.55. The fourth-order valence-electron chi connectivity index (χ4n) is 1.43. The molecule has 14 heavy (non-hydrogen) atoms. The molecule has 0 heterocycles. The van der Waals surface area contributed by atoms with Crippen LogP contribution in [0.3, 0.4) is 0 Å². The van der Waals surface area contributed by atoms with Crippen LogP contribution in [-0.2, 0) is 10.5 Å². The van der Waals surface area contributed by atoms with E-state index < -0.39 is 8.32 Å². The van der Waals surface area contributed by atoms with E-state index in [1.54, 1.807) is 0 Å². The van der Waals surface area contributed by atoms with Crippen molar-refractivity contribution >= 4 is 14.4 Å². The highest BCUT2D eigenvalue weighted by molar-refractivity contribution is 6.70. The molecule has 0 aromatic heterocycles. The quantitative estimate of drug-likeness (QED) is 0.687. The van der Waals surface area contributed by atoms with E-state index in [1.807, 2.05) is 19.3 Å². The molecule has 0 spiro atoms. The maximum Gasteiger partial charge on any atom is 0.190 e. The van der Waals surface area contributed by atoms with Crippen LogP contribution < -0.4 is 0 Å². The summed E-state index contributed by atoms with van der Waals surface area (Å²) in [6.07, 6.45) is 1.91. The van der Waals surface area contributed by atoms with E-state index in [2.05, 4.69) is 37.9 Å². The monoisotopic (exact) mass is 206 g/mol. The molecule has 0 amide bonds. The van der Waals surface area contributed by atoms with Gasteiger partial charge in [-0.05, 0) is 30.3 Å². The predicted molar refractivity (Wildman–Crippen MR) is 64.7 cm³/mol. The Morgan fingerprint density at radius 2 is 2.00 bits per heavy atom. The lowest BCUT2D eigenvalue weighted by Crippen LogP contribution is -2.32. The van der Waals surface area contributed by atoms with Crippen LogP contribution in [0.5, 0.6) is 0 Å². The fraction of sp³-hybridized carbons (Fsp3) is 0.333. The van der Waals surface area contributed by atoms with Crippen LogP contribution in [0.2, 0.25) is 13.1 Å². The van der Waals surface area contributed by atoms with Crippen molar-refractivity contribution in [3.63, 3.8) is 0 Å². The van der Waals surface area contributed by atoms with Gasteiger partial charge in [0.15, 0.2) is 8.32 Å². The van der Waals surface area contributed by atoms with Gasteiger partial charge in [-0.15, -0.1) is 0 Å². The van der Waals surface area contributed by atoms with Crippen molar-refractivity contribution in [2.45, 2.75) is 19.1 Å². The Morgan fingerprint density at radius 3 is 2.57 bits per heavy atom. The van der Waals surface area contributed by atoms with Crippen molar-refractivity contribution in [3.05, 3.63) is 42.0 Å². The van der Waals surface area contributed by atoms with Crippen LogP contribution in [-0.4, -0.2) is 15.4 Å². The third kappa shape index (κ3) is 2.82. The number of benzene rings is 1. The smallest absolute Gasteiger partial charge is 0.190 e. The molecule has 0 radical (unpaired) electrons. The van der Waals surface area contributed by atoms with Crippen molar-refractivity contribution in [1.29, 1.82) is 0 Å². The minimum absolute atomic E-state index is 1.05. The first kappa shape index (κ1) is 11.2. The molecule has 0 aliphatic heterocycles. The van der Waals surface area contributed by atoms with Crippen molar-refractivity contribution in [2.24, 2.45) is 0 Å². The molecule has 0 aliphatic rings. The van der Waals surface area contributed by atoms with E-state index in [0.29, 0.717) is 0 Å². The van der Waals surface area contributed by atoms with Gasteiger partial charge in [-0.3, -0.25) is 0 Å². The van der Waals surface area contributed by atoms with E-state index in [4.69, 9.17) is 4.43 Å². The number of hydrogen-bond donors (Lipinski definition) is 0. The predicted octanol–water partition coefficient (Wildman–Crippen LogP) is 3.26. The average molecular weight is 206 g/mol. The Labute approximate surface area is 87.5 Å². The molecule has 1 rings (SSSR count). The second kappa shape index (κ2) is 4.58. The van der Waals surface area contributed by atoms with Crippen LogP contribution in [0, 0.1) is 0 Å². The molecule has 0 aliphatic carbocycles. The summed E-state index contributed by atoms with van der Waals surface area (Å²) in [5.74, 6) is 0. The van der Waals surface area contributed by atoms with Gasteiger partial charge < -0.3 is 4.43 Å². The van der Waals surface area contributed by atoms with E-state index in [9.17, 15) is 0 Å². The van der Waals surface area contributed by atoms with Gasteiger partial charge in [-0.1, -0.05) is 36.9 Å². The maximum absolute atomic E-state index is 5.55. The van der Waals surface area contributed by atoms with Gasteiger partial charge in [0.25, 0.3) is 0 Å². The SMILES string of the molecule is C=Cc1ccccc1C[Si](C)(C)OC. The second-order valence-corrected chi connectivity index (χ2v) is 8.32. The van der Waals surface area contributed by atoms with Gasteiger partial charge in [-0.2, -0.15) is 0 Å². The van der Waals surface area contributed by atoms with Crippen LogP contribution in [0.4, 0.5) is 0 Å². The Morgan fingerprint density at radius 1 is 1.36 bits per heavy atom. The summed E-state index contributed by atoms with van der Waals surface area (Å²) in [5, 5.41) is 0. The first-order valence-corrected chi connectivity index (χ1v) is 7.96. The van der Waals surface area contributed by atoms with Crippen LogP contribution in [0.25, 0.3) is 6.08 Å². The molecule has 0 fully saturated rings. The molecule has 0 N–H and O–H groups in total. The van der Waals surface area contributed by atoms with Gasteiger partial charge >= 0.3 is 0 Å². The zero-order valence-electron chi connectivity index (χ0n) is 9.21. The Hall–Kier alpha value is -0.863. The molecule has 2 heteroatoms. The third-order valence-electron chi connectivity index (χ3n) is 2.44. The lowest BCUT2D eigenvalue weighted by molar-refractivity contribution is 0.403. The molecule has 1 aromatic carbocycles. The summed E-state index contributed by atoms with van der Waals surface area (Å²) in [6, 6.07) is 9.42. The zero-order chi connectivity index (χ0) is 10.6. The van der Waals surface area contributed by atoms with Gasteiger partial charge in [0.1, 0.15) is 0 Å². The second-order valence-electron chi connectivity index (χ2n) is 4.04. The summed E-state index contributed by atoms with van der Waals surface area (Å²) < 4.78 is 5.55. The lowest BCUT2D eigenvalue weighted by atomic mass is 10.1. The average Bonchev–Trinajstić information content (AvgIpc) is 2.18. The summed E-state index contributed by atoms with van der Waals surface area (Å²) in [4.78, 5) is 0. The molecular weight excluding hydrogens is 188 g/mol. The largest absolute Gasteiger partial charge is 0.420 e. The van der Waals surface area contributed by atoms with Crippen LogP contribution in [0.1, 0.15) is 11.1 Å². The van der Waals surface area contributed by atoms with Crippen molar-refractivity contribution in [2.75, 3.05) is 7.11 Å². The molecule has 0 bridgehead atoms. The highest BCUT2D eigenvalue weighted by Gasteiger charge is 2.21. The molecule has 0 unspecified atom stereocenters. The first-order valence-electron chi connectivity index (χ1n) is 4.84. The Balaban J connectivity index is 2.91. The van der Waals surface area contributed by atoms with E-state index >= 15 is 0 Å². The standard InChI is InChI=1S/C12H18OSi/c1-5-11-8-6-7-9-12(11)10-14(3,4)13-2/h5-9H,1,10H2,2-4H3. The molecular formula is C12H18OSi. The third-order valence-corrected chi connectivity index (χ3v) is 4.78. The van der Waals surface area contributed by atoms with Crippen LogP contribution >= 0.6 is 0 Å². The van der Waals surface area contributed by atoms with Gasteiger partial charge in [0.2, 0.25) is 0 Å². The number of rotatable bonds is 4. The topological polar surface area (TPSA) is 9.23 Å². The molecule has 0 atom stereocenters. The summed E-state index contributed by atoms with van der Waals surface area (Å²) in [6.45, 7) is 8.28. The van der Waals surface area contributed by atoms with E-state index in [0.717, 1.165) is 6.04 Å². The first-order chi connectivity index (χ1) is 6.59. The van der Waals surface area contributed by atoms with E-state index in [1.165, 1.54) is 11.1 Å². The van der Waals surface area contributed by atoms with Crippen LogP contribution in [0.15, 0.2) is 30.8 Å². The van der Waals surface area contributed by atoms with Gasteiger partial charge in [-0.25, -0.2) is 0 Å². The van der Waals surface area contributed by atoms with E-state index in [-0.39, 0.29) is 0 Å². The van der Waals surface area contributed by atoms with Crippen molar-refractivity contribution in [1.82, 2.24) is 0 Å². The summed E-state index contributed by atoms with van der Waals surface area (Å²) >= 11 is 0. The minimum Gasteiger partial charge on any atom is -0.420 e. The van der Waals surface area contributed by atoms with Crippen molar-refractivity contribution in [3.8, 4) is 0 Å². The Kier molecular flexibility index (Phi) is 3.67. The molecule has 1 aromatic rings. The highest BCUT2D eigenvalue weighted by atomic mass is 28.4. The number of hydrogen-bond acceptors (Lipinski definition) is 1. The minimum atomic E-state index is -1.51.